The van der Waals surface area contributed by atoms with E-state index in [4.69, 9.17) is 5.73 Å². The van der Waals surface area contributed by atoms with Gasteiger partial charge in [0.05, 0.1) is 0 Å². The summed E-state index contributed by atoms with van der Waals surface area (Å²) in [5.74, 6) is 0.682. The van der Waals surface area contributed by atoms with Crippen LogP contribution in [0.25, 0.3) is 0 Å². The number of nitrogen functional groups attached to an aromatic ring is 1. The molecule has 0 aliphatic heterocycles. The van der Waals surface area contributed by atoms with E-state index in [1.807, 2.05) is 6.07 Å². The first kappa shape index (κ1) is 10.5. The van der Waals surface area contributed by atoms with Gasteiger partial charge in [-0.1, -0.05) is 39.3 Å². The molecule has 2 N–H and O–H groups in total. The van der Waals surface area contributed by atoms with Gasteiger partial charge in [-0.2, -0.15) is 0 Å². The molecule has 1 unspecified atom stereocenters. The van der Waals surface area contributed by atoms with E-state index in [9.17, 15) is 0 Å². The number of anilines is 1. The van der Waals surface area contributed by atoms with Crippen LogP contribution in [0.2, 0.25) is 0 Å². The van der Waals surface area contributed by atoms with Gasteiger partial charge in [-0.05, 0) is 41.4 Å². The lowest BCUT2D eigenvalue weighted by atomic mass is 9.85. The first-order chi connectivity index (χ1) is 7.06. The highest BCUT2D eigenvalue weighted by atomic mass is 14.6. The van der Waals surface area contributed by atoms with E-state index in [0.717, 1.165) is 5.69 Å². The second-order valence-corrected chi connectivity index (χ2v) is 5.38. The maximum atomic E-state index is 6.11. The molecule has 0 heterocycles. The van der Waals surface area contributed by atoms with Gasteiger partial charge in [0, 0.05) is 5.69 Å². The van der Waals surface area contributed by atoms with Crippen LogP contribution in [0.4, 0.5) is 5.69 Å². The Labute approximate surface area is 92.7 Å². The third kappa shape index (κ3) is 1.64. The Morgan fingerprint density at radius 2 is 2.13 bits per heavy atom. The molecule has 1 aromatic rings. The first-order valence-corrected chi connectivity index (χ1v) is 5.95. The van der Waals surface area contributed by atoms with Crippen molar-refractivity contribution in [2.45, 2.75) is 51.4 Å². The fourth-order valence-corrected chi connectivity index (χ4v) is 3.05. The number of hydrogen-bond donors (Lipinski definition) is 1. The van der Waals surface area contributed by atoms with Gasteiger partial charge >= 0.3 is 0 Å². The van der Waals surface area contributed by atoms with Crippen LogP contribution >= 0.6 is 0 Å². The molecule has 15 heavy (non-hydrogen) atoms. The predicted octanol–water partition coefficient (Wildman–Crippen LogP) is 3.83. The minimum atomic E-state index is 0.310. The molecule has 0 spiro atoms. The summed E-state index contributed by atoms with van der Waals surface area (Å²) in [6, 6.07) is 6.38. The summed E-state index contributed by atoms with van der Waals surface area (Å²) in [6.45, 7) is 6.92. The van der Waals surface area contributed by atoms with Crippen molar-refractivity contribution < 1.29 is 0 Å². The summed E-state index contributed by atoms with van der Waals surface area (Å²) >= 11 is 0. The van der Waals surface area contributed by atoms with Gasteiger partial charge in [0.1, 0.15) is 0 Å². The van der Waals surface area contributed by atoms with Crippen LogP contribution in [0.5, 0.6) is 0 Å². The van der Waals surface area contributed by atoms with Crippen LogP contribution in [0.15, 0.2) is 18.2 Å². The van der Waals surface area contributed by atoms with E-state index in [1.165, 1.54) is 30.4 Å². The van der Waals surface area contributed by atoms with Crippen molar-refractivity contribution in [2.24, 2.45) is 0 Å². The Morgan fingerprint density at radius 1 is 1.40 bits per heavy atom. The topological polar surface area (TPSA) is 26.0 Å². The van der Waals surface area contributed by atoms with Crippen LogP contribution in [0, 0.1) is 0 Å². The van der Waals surface area contributed by atoms with Crippen molar-refractivity contribution in [3.8, 4) is 0 Å². The van der Waals surface area contributed by atoms with E-state index >= 15 is 0 Å². The molecule has 0 aromatic heterocycles. The average Bonchev–Trinajstić information content (AvgIpc) is 2.41. The number of benzene rings is 1. The van der Waals surface area contributed by atoms with Crippen molar-refractivity contribution in [3.05, 3.63) is 29.3 Å². The highest BCUT2D eigenvalue weighted by molar-refractivity contribution is 5.57. The van der Waals surface area contributed by atoms with Crippen molar-refractivity contribution >= 4 is 5.69 Å². The fourth-order valence-electron chi connectivity index (χ4n) is 3.05. The first-order valence-electron chi connectivity index (χ1n) is 5.95. The molecule has 0 radical (unpaired) electrons. The molecule has 0 fully saturated rings. The Kier molecular flexibility index (Phi) is 2.49. The normalized spacial score (nSPS) is 22.7. The van der Waals surface area contributed by atoms with Crippen molar-refractivity contribution in [2.75, 3.05) is 5.73 Å². The maximum absolute atomic E-state index is 6.11. The largest absolute Gasteiger partial charge is 0.398 e. The van der Waals surface area contributed by atoms with E-state index < -0.39 is 0 Å². The van der Waals surface area contributed by atoms with Crippen molar-refractivity contribution in [1.29, 1.82) is 0 Å². The zero-order valence-electron chi connectivity index (χ0n) is 10.0. The monoisotopic (exact) mass is 203 g/mol. The third-order valence-corrected chi connectivity index (χ3v) is 3.67. The van der Waals surface area contributed by atoms with Gasteiger partial charge in [0.15, 0.2) is 0 Å². The summed E-state index contributed by atoms with van der Waals surface area (Å²) in [4.78, 5) is 0. The third-order valence-electron chi connectivity index (χ3n) is 3.67. The summed E-state index contributed by atoms with van der Waals surface area (Å²) < 4.78 is 0. The fraction of sp³-hybridized carbons (Fsp3) is 0.571. The Bertz CT molecular complexity index is 366. The number of fused-ring (bicyclic) bond motifs is 1. The molecule has 82 valence electrons. The Hall–Kier alpha value is -0.980. The second kappa shape index (κ2) is 3.55. The highest BCUT2D eigenvalue weighted by Crippen LogP contribution is 2.49. The van der Waals surface area contributed by atoms with E-state index in [0.29, 0.717) is 11.3 Å². The molecule has 1 aliphatic rings. The van der Waals surface area contributed by atoms with Crippen LogP contribution in [-0.4, -0.2) is 0 Å². The molecule has 1 aliphatic carbocycles. The maximum Gasteiger partial charge on any atom is 0.0352 e. The highest BCUT2D eigenvalue weighted by Gasteiger charge is 2.37. The molecule has 0 saturated carbocycles. The number of hydrogen-bond acceptors (Lipinski definition) is 1. The minimum absolute atomic E-state index is 0.310. The molecule has 1 heteroatoms. The van der Waals surface area contributed by atoms with Gasteiger partial charge in [-0.3, -0.25) is 0 Å². The SMILES string of the molecule is CCCC1CC(C)(C)c2cccc(N)c21. The van der Waals surface area contributed by atoms with Gasteiger partial charge in [-0.25, -0.2) is 0 Å². The molecule has 0 saturated heterocycles. The summed E-state index contributed by atoms with van der Waals surface area (Å²) in [5.41, 5.74) is 10.3. The van der Waals surface area contributed by atoms with Crippen molar-refractivity contribution in [1.82, 2.24) is 0 Å². The molecular formula is C14H21N. The molecular weight excluding hydrogens is 182 g/mol. The zero-order valence-corrected chi connectivity index (χ0v) is 10.0. The summed E-state index contributed by atoms with van der Waals surface area (Å²) in [7, 11) is 0. The lowest BCUT2D eigenvalue weighted by Gasteiger charge is -2.19. The van der Waals surface area contributed by atoms with Crippen LogP contribution < -0.4 is 5.73 Å². The standard InChI is InChI=1S/C14H21N/c1-4-6-10-9-14(2,3)11-7-5-8-12(15)13(10)11/h5,7-8,10H,4,6,9,15H2,1-3H3. The van der Waals surface area contributed by atoms with E-state index in [2.05, 4.69) is 32.9 Å². The van der Waals surface area contributed by atoms with Crippen LogP contribution in [-0.2, 0) is 5.41 Å². The number of rotatable bonds is 2. The second-order valence-electron chi connectivity index (χ2n) is 5.38. The predicted molar refractivity (Wildman–Crippen MR) is 66.1 cm³/mol. The summed E-state index contributed by atoms with van der Waals surface area (Å²) in [6.07, 6.45) is 3.77. The molecule has 2 rings (SSSR count). The molecule has 1 atom stereocenters. The van der Waals surface area contributed by atoms with Crippen molar-refractivity contribution in [3.63, 3.8) is 0 Å². The molecule has 0 bridgehead atoms. The van der Waals surface area contributed by atoms with E-state index in [1.54, 1.807) is 0 Å². The lowest BCUT2D eigenvalue weighted by molar-refractivity contribution is 0.458. The van der Waals surface area contributed by atoms with Gasteiger partial charge in [-0.15, -0.1) is 0 Å². The van der Waals surface area contributed by atoms with Gasteiger partial charge in [0.25, 0.3) is 0 Å². The van der Waals surface area contributed by atoms with Crippen LogP contribution in [0.1, 0.15) is 57.1 Å². The zero-order chi connectivity index (χ0) is 11.1. The average molecular weight is 203 g/mol. The molecule has 1 aromatic carbocycles. The van der Waals surface area contributed by atoms with Crippen LogP contribution in [0.3, 0.4) is 0 Å². The minimum Gasteiger partial charge on any atom is -0.398 e. The van der Waals surface area contributed by atoms with Gasteiger partial charge < -0.3 is 5.73 Å². The Balaban J connectivity index is 2.48. The van der Waals surface area contributed by atoms with Gasteiger partial charge in [0.2, 0.25) is 0 Å². The number of nitrogens with two attached hydrogens (primary N) is 1. The lowest BCUT2D eigenvalue weighted by Crippen LogP contribution is -2.12. The Morgan fingerprint density at radius 3 is 2.80 bits per heavy atom. The molecule has 1 nitrogen and oxygen atoms in total. The smallest absolute Gasteiger partial charge is 0.0352 e. The van der Waals surface area contributed by atoms with E-state index in [-0.39, 0.29) is 0 Å². The quantitative estimate of drug-likeness (QED) is 0.726. The molecule has 0 amide bonds. The summed E-state index contributed by atoms with van der Waals surface area (Å²) in [5, 5.41) is 0.